The van der Waals surface area contributed by atoms with E-state index in [1.807, 2.05) is 6.08 Å². The number of rotatable bonds is 44. The van der Waals surface area contributed by atoms with Gasteiger partial charge >= 0.3 is 17.9 Å². The molecule has 0 rings (SSSR count). The van der Waals surface area contributed by atoms with Crippen molar-refractivity contribution in [1.82, 2.24) is 0 Å². The average molecular weight is 849 g/mol. The van der Waals surface area contributed by atoms with Crippen LogP contribution in [-0.4, -0.2) is 37.2 Å². The van der Waals surface area contributed by atoms with Gasteiger partial charge in [0.2, 0.25) is 0 Å². The molecule has 0 heterocycles. The second kappa shape index (κ2) is 49.2. The van der Waals surface area contributed by atoms with E-state index in [0.717, 1.165) is 70.6 Å². The third-order valence-electron chi connectivity index (χ3n) is 10.4. The molecule has 348 valence electrons. The van der Waals surface area contributed by atoms with Crippen molar-refractivity contribution >= 4 is 17.9 Å². The third kappa shape index (κ3) is 47.5. The number of carbonyl (C=O) groups is 3. The average Bonchev–Trinajstić information content (AvgIpc) is 3.26. The molecule has 0 aliphatic carbocycles. The van der Waals surface area contributed by atoms with Gasteiger partial charge in [0.05, 0.1) is 6.42 Å². The van der Waals surface area contributed by atoms with E-state index < -0.39 is 12.1 Å². The van der Waals surface area contributed by atoms with E-state index >= 15 is 0 Å². The molecule has 0 amide bonds. The van der Waals surface area contributed by atoms with Crippen molar-refractivity contribution in [2.24, 2.45) is 0 Å². The van der Waals surface area contributed by atoms with Crippen LogP contribution in [0.25, 0.3) is 0 Å². The Morgan fingerprint density at radius 1 is 0.377 bits per heavy atom. The molecule has 0 N–H and O–H groups in total. The fraction of sp³-hybridized carbons (Fsp3) is 0.691. The van der Waals surface area contributed by atoms with Crippen molar-refractivity contribution in [3.63, 3.8) is 0 Å². The van der Waals surface area contributed by atoms with Crippen LogP contribution in [0.3, 0.4) is 0 Å². The summed E-state index contributed by atoms with van der Waals surface area (Å²) < 4.78 is 16.6. The second-order valence-corrected chi connectivity index (χ2v) is 16.4. The Bertz CT molecular complexity index is 1200. The van der Waals surface area contributed by atoms with Gasteiger partial charge in [0.1, 0.15) is 13.2 Å². The first-order valence-corrected chi connectivity index (χ1v) is 25.1. The maximum atomic E-state index is 12.8. The molecule has 0 fully saturated rings. The topological polar surface area (TPSA) is 78.9 Å². The molecule has 0 aromatic rings. The Kier molecular flexibility index (Phi) is 46.5. The van der Waals surface area contributed by atoms with E-state index in [0.29, 0.717) is 12.8 Å². The third-order valence-corrected chi connectivity index (χ3v) is 10.4. The zero-order valence-electron chi connectivity index (χ0n) is 39.7. The highest BCUT2D eigenvalue weighted by atomic mass is 16.6. The van der Waals surface area contributed by atoms with Gasteiger partial charge in [-0.1, -0.05) is 209 Å². The predicted octanol–water partition coefficient (Wildman–Crippen LogP) is 16.4. The van der Waals surface area contributed by atoms with Gasteiger partial charge in [-0.3, -0.25) is 14.4 Å². The Morgan fingerprint density at radius 3 is 1.18 bits per heavy atom. The van der Waals surface area contributed by atoms with Gasteiger partial charge in [-0.15, -0.1) is 0 Å². The molecule has 1 unspecified atom stereocenters. The lowest BCUT2D eigenvalue weighted by Crippen LogP contribution is -2.30. The van der Waals surface area contributed by atoms with Crippen LogP contribution in [0.5, 0.6) is 0 Å². The van der Waals surface area contributed by atoms with Crippen LogP contribution in [-0.2, 0) is 28.6 Å². The highest BCUT2D eigenvalue weighted by molar-refractivity contribution is 5.72. The molecule has 0 aromatic carbocycles. The summed E-state index contributed by atoms with van der Waals surface area (Å²) in [4.78, 5) is 37.8. The SMILES string of the molecule is CC/C=C\C/C=C\C/C=C\CC(=O)OCC(COC(=O)CCCCCCCCCCCC/C=C\C=C/CCCCC)OC(=O)CCCCCCCC/C=C\C=C/CCCCC. The van der Waals surface area contributed by atoms with Crippen molar-refractivity contribution in [1.29, 1.82) is 0 Å². The summed E-state index contributed by atoms with van der Waals surface area (Å²) in [7, 11) is 0. The lowest BCUT2D eigenvalue weighted by Gasteiger charge is -2.18. The summed E-state index contributed by atoms with van der Waals surface area (Å²) in [5.74, 6) is -1.06. The summed E-state index contributed by atoms with van der Waals surface area (Å²) in [6.07, 6.45) is 63.1. The van der Waals surface area contributed by atoms with E-state index in [1.54, 1.807) is 6.08 Å². The molecule has 0 aliphatic heterocycles. The van der Waals surface area contributed by atoms with Crippen molar-refractivity contribution in [3.8, 4) is 0 Å². The van der Waals surface area contributed by atoms with E-state index in [2.05, 4.69) is 93.7 Å². The Morgan fingerprint density at radius 2 is 0.738 bits per heavy atom. The van der Waals surface area contributed by atoms with E-state index in [9.17, 15) is 14.4 Å². The molecular formula is C55H92O6. The fourth-order valence-corrected chi connectivity index (χ4v) is 6.66. The van der Waals surface area contributed by atoms with Crippen LogP contribution in [0.1, 0.15) is 226 Å². The van der Waals surface area contributed by atoms with Crippen LogP contribution in [0.4, 0.5) is 0 Å². The van der Waals surface area contributed by atoms with Crippen LogP contribution < -0.4 is 0 Å². The number of hydrogen-bond donors (Lipinski definition) is 0. The van der Waals surface area contributed by atoms with Crippen LogP contribution in [0, 0.1) is 0 Å². The van der Waals surface area contributed by atoms with Gasteiger partial charge in [-0.2, -0.15) is 0 Å². The summed E-state index contributed by atoms with van der Waals surface area (Å²) in [6.45, 7) is 6.35. The van der Waals surface area contributed by atoms with Crippen LogP contribution in [0.2, 0.25) is 0 Å². The quantitative estimate of drug-likeness (QED) is 0.0200. The number of allylic oxidation sites excluding steroid dienone is 13. The number of hydrogen-bond acceptors (Lipinski definition) is 6. The summed E-state index contributed by atoms with van der Waals surface area (Å²) >= 11 is 0. The van der Waals surface area contributed by atoms with E-state index in [-0.39, 0.29) is 31.6 Å². The monoisotopic (exact) mass is 849 g/mol. The van der Waals surface area contributed by atoms with Crippen LogP contribution >= 0.6 is 0 Å². The van der Waals surface area contributed by atoms with E-state index in [1.165, 1.54) is 116 Å². The van der Waals surface area contributed by atoms with Gasteiger partial charge in [0.25, 0.3) is 0 Å². The number of esters is 3. The largest absolute Gasteiger partial charge is 0.462 e. The zero-order valence-corrected chi connectivity index (χ0v) is 39.7. The van der Waals surface area contributed by atoms with Crippen LogP contribution in [0.15, 0.2) is 85.1 Å². The molecule has 0 spiro atoms. The van der Waals surface area contributed by atoms with Gasteiger partial charge in [-0.25, -0.2) is 0 Å². The van der Waals surface area contributed by atoms with Crippen molar-refractivity contribution in [2.45, 2.75) is 232 Å². The standard InChI is InChI=1S/C55H92O6/c1-4-7-10-13-16-19-21-23-25-26-27-28-30-31-33-36-39-42-45-48-54(57)60-51-52(50-59-53(56)47-44-41-38-35-18-15-12-9-6-3)61-55(58)49-46-43-40-37-34-32-29-24-22-20-17-14-11-8-5-2/h9,12,16-24,35,41,44,52H,4-8,10-11,13-15,25-34,36-40,42-43,45-51H2,1-3H3/b12-9-,19-16-,20-17-,23-21-,24-22-,35-18-,44-41-. The number of ether oxygens (including phenoxy) is 3. The second-order valence-electron chi connectivity index (χ2n) is 16.4. The highest BCUT2D eigenvalue weighted by Crippen LogP contribution is 2.14. The maximum Gasteiger partial charge on any atom is 0.309 e. The molecule has 0 radical (unpaired) electrons. The smallest absolute Gasteiger partial charge is 0.309 e. The van der Waals surface area contributed by atoms with Crippen molar-refractivity contribution in [3.05, 3.63) is 85.1 Å². The molecule has 0 aliphatic rings. The lowest BCUT2D eigenvalue weighted by molar-refractivity contribution is -0.166. The number of carbonyl (C=O) groups excluding carboxylic acids is 3. The summed E-state index contributed by atoms with van der Waals surface area (Å²) in [6, 6.07) is 0. The van der Waals surface area contributed by atoms with Gasteiger partial charge in [0.15, 0.2) is 6.10 Å². The number of unbranched alkanes of at least 4 members (excludes halogenated alkanes) is 22. The molecule has 0 aromatic heterocycles. The Labute approximate surface area is 375 Å². The highest BCUT2D eigenvalue weighted by Gasteiger charge is 2.19. The normalized spacial score (nSPS) is 12.8. The Balaban J connectivity index is 4.38. The molecular weight excluding hydrogens is 757 g/mol. The molecule has 6 heteroatoms. The molecule has 1 atom stereocenters. The van der Waals surface area contributed by atoms with Gasteiger partial charge in [0, 0.05) is 12.8 Å². The molecule has 0 saturated heterocycles. The molecule has 61 heavy (non-hydrogen) atoms. The Hall–Kier alpha value is -3.41. The zero-order chi connectivity index (χ0) is 44.4. The predicted molar refractivity (Wildman–Crippen MR) is 261 cm³/mol. The fourth-order valence-electron chi connectivity index (χ4n) is 6.66. The van der Waals surface area contributed by atoms with Crippen molar-refractivity contribution in [2.75, 3.05) is 13.2 Å². The van der Waals surface area contributed by atoms with Gasteiger partial charge < -0.3 is 14.2 Å². The first kappa shape index (κ1) is 57.6. The molecule has 0 saturated carbocycles. The van der Waals surface area contributed by atoms with Gasteiger partial charge in [-0.05, 0) is 83.5 Å². The first-order valence-electron chi connectivity index (χ1n) is 25.1. The molecule has 0 bridgehead atoms. The summed E-state index contributed by atoms with van der Waals surface area (Å²) in [5, 5.41) is 0. The first-order chi connectivity index (χ1) is 30.0. The minimum atomic E-state index is -0.818. The maximum absolute atomic E-state index is 12.8. The lowest BCUT2D eigenvalue weighted by atomic mass is 10.1. The van der Waals surface area contributed by atoms with E-state index in [4.69, 9.17) is 14.2 Å². The minimum absolute atomic E-state index is 0.111. The minimum Gasteiger partial charge on any atom is -0.462 e. The van der Waals surface area contributed by atoms with Crippen molar-refractivity contribution < 1.29 is 28.6 Å². The molecule has 6 nitrogen and oxygen atoms in total. The summed E-state index contributed by atoms with van der Waals surface area (Å²) in [5.41, 5.74) is 0.